The van der Waals surface area contributed by atoms with Gasteiger partial charge in [-0.1, -0.05) is 29.8 Å². The van der Waals surface area contributed by atoms with E-state index in [2.05, 4.69) is 4.98 Å². The zero-order valence-electron chi connectivity index (χ0n) is 10.7. The summed E-state index contributed by atoms with van der Waals surface area (Å²) in [5.41, 5.74) is -2.74. The zero-order valence-corrected chi connectivity index (χ0v) is 11.5. The summed E-state index contributed by atoms with van der Waals surface area (Å²) in [4.78, 5) is 35.0. The summed E-state index contributed by atoms with van der Waals surface area (Å²) >= 11 is 5.93. The van der Waals surface area contributed by atoms with Crippen LogP contribution >= 0.6 is 11.6 Å². The van der Waals surface area contributed by atoms with Gasteiger partial charge >= 0.3 is 16.8 Å². The van der Waals surface area contributed by atoms with Crippen molar-refractivity contribution in [1.29, 1.82) is 0 Å². The second-order valence-electron chi connectivity index (χ2n) is 4.50. The lowest BCUT2D eigenvalue weighted by molar-refractivity contribution is -0.395. The molecule has 8 nitrogen and oxygen atoms in total. The minimum absolute atomic E-state index is 0.0540. The van der Waals surface area contributed by atoms with Crippen LogP contribution < -0.4 is 5.43 Å². The SMILES string of the molecule is O=c1c([N+](=O)[O-])c2[nH]c3ccccc3cc-2c(Cl)c1[N+](=O)[O-]. The Kier molecular flexibility index (Phi) is 3.03. The predicted molar refractivity (Wildman–Crippen MR) is 79.5 cm³/mol. The lowest BCUT2D eigenvalue weighted by atomic mass is 10.0. The number of fused-ring (bicyclic) bond motifs is 2. The third-order valence-corrected chi connectivity index (χ3v) is 3.65. The first-order chi connectivity index (χ1) is 10.4. The Balaban J connectivity index is 2.61. The van der Waals surface area contributed by atoms with Gasteiger partial charge in [-0.3, -0.25) is 25.0 Å². The van der Waals surface area contributed by atoms with Gasteiger partial charge in [-0.2, -0.15) is 0 Å². The molecule has 1 heterocycles. The Bertz CT molecular complexity index is 981. The highest BCUT2D eigenvalue weighted by atomic mass is 35.5. The average Bonchev–Trinajstić information content (AvgIpc) is 2.45. The fraction of sp³-hybridized carbons (Fsp3) is 0. The molecule has 0 unspecified atom stereocenters. The molecular formula is C13H6ClN3O5. The molecule has 110 valence electrons. The third-order valence-electron chi connectivity index (χ3n) is 3.27. The summed E-state index contributed by atoms with van der Waals surface area (Å²) in [5, 5.41) is 22.4. The summed E-state index contributed by atoms with van der Waals surface area (Å²) in [5.74, 6) is 0. The van der Waals surface area contributed by atoms with Crippen LogP contribution in [0.4, 0.5) is 11.4 Å². The first-order valence-electron chi connectivity index (χ1n) is 5.98. The maximum atomic E-state index is 12.0. The maximum absolute atomic E-state index is 12.0. The van der Waals surface area contributed by atoms with Crippen LogP contribution in [0.2, 0.25) is 5.02 Å². The molecular weight excluding hydrogens is 314 g/mol. The number of H-pyrrole nitrogens is 1. The molecule has 3 rings (SSSR count). The van der Waals surface area contributed by atoms with Crippen LogP contribution in [-0.2, 0) is 0 Å². The number of nitro benzene ring substituents is 2. The Morgan fingerprint density at radius 3 is 2.32 bits per heavy atom. The van der Waals surface area contributed by atoms with E-state index in [1.165, 1.54) is 6.07 Å². The lowest BCUT2D eigenvalue weighted by Crippen LogP contribution is -2.16. The van der Waals surface area contributed by atoms with Gasteiger partial charge in [-0.05, 0) is 17.5 Å². The zero-order chi connectivity index (χ0) is 16.0. The third kappa shape index (κ3) is 1.89. The highest BCUT2D eigenvalue weighted by molar-refractivity contribution is 6.36. The smallest absolute Gasteiger partial charge is 0.347 e. The molecule has 0 amide bonds. The topological polar surface area (TPSA) is 119 Å². The van der Waals surface area contributed by atoms with Gasteiger partial charge in [0.05, 0.1) is 9.85 Å². The normalized spacial score (nSPS) is 11.0. The highest BCUT2D eigenvalue weighted by Gasteiger charge is 2.35. The molecule has 0 atom stereocenters. The van der Waals surface area contributed by atoms with Crippen LogP contribution in [0.25, 0.3) is 22.2 Å². The molecule has 9 heteroatoms. The van der Waals surface area contributed by atoms with E-state index in [-0.39, 0.29) is 11.3 Å². The fourth-order valence-corrected chi connectivity index (χ4v) is 2.62. The van der Waals surface area contributed by atoms with E-state index in [0.717, 1.165) is 0 Å². The minimum atomic E-state index is -1.32. The van der Waals surface area contributed by atoms with Gasteiger partial charge in [0.2, 0.25) is 0 Å². The van der Waals surface area contributed by atoms with Gasteiger partial charge in [0.15, 0.2) is 0 Å². The number of aromatic nitrogens is 1. The van der Waals surface area contributed by atoms with Gasteiger partial charge in [-0.25, -0.2) is 0 Å². The molecule has 1 aromatic rings. The predicted octanol–water partition coefficient (Wildman–Crippen LogP) is 3.10. The van der Waals surface area contributed by atoms with Crippen LogP contribution in [0.3, 0.4) is 0 Å². The number of nitrogens with zero attached hydrogens (tertiary/aromatic N) is 2. The Morgan fingerprint density at radius 2 is 1.68 bits per heavy atom. The molecule has 0 saturated carbocycles. The van der Waals surface area contributed by atoms with Crippen LogP contribution in [0.5, 0.6) is 0 Å². The fourth-order valence-electron chi connectivity index (χ4n) is 2.32. The molecule has 0 radical (unpaired) electrons. The number of hydrogen-bond donors (Lipinski definition) is 1. The Morgan fingerprint density at radius 1 is 1.05 bits per heavy atom. The Labute approximate surface area is 126 Å². The number of nitrogens with one attached hydrogen (secondary N) is 1. The van der Waals surface area contributed by atoms with E-state index in [1.54, 1.807) is 24.3 Å². The molecule has 1 aliphatic heterocycles. The first kappa shape index (κ1) is 14.0. The van der Waals surface area contributed by atoms with Crippen molar-refractivity contribution >= 4 is 33.9 Å². The van der Waals surface area contributed by atoms with Crippen molar-refractivity contribution in [3.63, 3.8) is 0 Å². The molecule has 0 aromatic heterocycles. The van der Waals surface area contributed by atoms with Crippen molar-refractivity contribution in [2.75, 3.05) is 0 Å². The van der Waals surface area contributed by atoms with E-state index in [4.69, 9.17) is 11.6 Å². The van der Waals surface area contributed by atoms with Crippen molar-refractivity contribution in [3.8, 4) is 11.3 Å². The molecule has 1 N–H and O–H groups in total. The minimum Gasteiger partial charge on any atom is -0.349 e. The second kappa shape index (κ2) is 4.78. The van der Waals surface area contributed by atoms with E-state index in [1.807, 2.05) is 0 Å². The maximum Gasteiger partial charge on any atom is 0.347 e. The first-order valence-corrected chi connectivity index (χ1v) is 6.35. The quantitative estimate of drug-likeness (QED) is 0.442. The average molecular weight is 320 g/mol. The Hall–Kier alpha value is -3.00. The van der Waals surface area contributed by atoms with Crippen LogP contribution in [0, 0.1) is 20.2 Å². The number of halogens is 1. The molecule has 0 saturated heterocycles. The molecule has 0 spiro atoms. The number of nitro groups is 2. The number of benzene rings is 2. The summed E-state index contributed by atoms with van der Waals surface area (Å²) < 4.78 is 0. The van der Waals surface area contributed by atoms with E-state index < -0.39 is 31.7 Å². The van der Waals surface area contributed by atoms with Crippen LogP contribution in [0.1, 0.15) is 0 Å². The molecule has 1 aromatic carbocycles. The molecule has 22 heavy (non-hydrogen) atoms. The number of rotatable bonds is 2. The molecule has 1 aliphatic carbocycles. The van der Waals surface area contributed by atoms with Crippen molar-refractivity contribution in [2.24, 2.45) is 0 Å². The highest BCUT2D eigenvalue weighted by Crippen LogP contribution is 2.40. The van der Waals surface area contributed by atoms with Crippen molar-refractivity contribution in [3.05, 3.63) is 65.8 Å². The van der Waals surface area contributed by atoms with E-state index >= 15 is 0 Å². The number of aromatic amines is 1. The second-order valence-corrected chi connectivity index (χ2v) is 4.88. The summed E-state index contributed by atoms with van der Waals surface area (Å²) in [6.07, 6.45) is 0. The van der Waals surface area contributed by atoms with Crippen LogP contribution in [-0.4, -0.2) is 14.8 Å². The van der Waals surface area contributed by atoms with E-state index in [9.17, 15) is 25.0 Å². The molecule has 0 bridgehead atoms. The summed E-state index contributed by atoms with van der Waals surface area (Å²) in [6, 6.07) is 8.30. The summed E-state index contributed by atoms with van der Waals surface area (Å²) in [7, 11) is 0. The largest absolute Gasteiger partial charge is 0.349 e. The van der Waals surface area contributed by atoms with Gasteiger partial charge in [0, 0.05) is 11.1 Å². The number of hydrogen-bond acceptors (Lipinski definition) is 5. The van der Waals surface area contributed by atoms with Crippen molar-refractivity contribution in [1.82, 2.24) is 4.98 Å². The number of para-hydroxylation sites is 1. The lowest BCUT2D eigenvalue weighted by Gasteiger charge is -2.10. The van der Waals surface area contributed by atoms with E-state index in [0.29, 0.717) is 10.9 Å². The van der Waals surface area contributed by atoms with Crippen molar-refractivity contribution in [2.45, 2.75) is 0 Å². The number of pyridine rings is 1. The van der Waals surface area contributed by atoms with Gasteiger partial charge in [0.1, 0.15) is 10.7 Å². The van der Waals surface area contributed by atoms with Crippen molar-refractivity contribution < 1.29 is 9.85 Å². The molecule has 0 fully saturated rings. The summed E-state index contributed by atoms with van der Waals surface area (Å²) in [6.45, 7) is 0. The standard InChI is InChI=1S/C13H6ClN3O5/c14-9-7-5-6-3-1-2-4-8(6)15-10(7)12(17(21)22)13(18)11(9)16(19)20/h1-5,15H. The van der Waals surface area contributed by atoms with Gasteiger partial charge in [-0.15, -0.1) is 0 Å². The molecule has 2 aliphatic rings. The monoisotopic (exact) mass is 319 g/mol. The van der Waals surface area contributed by atoms with Crippen LogP contribution in [0.15, 0.2) is 35.1 Å². The van der Waals surface area contributed by atoms with Gasteiger partial charge in [0.25, 0.3) is 0 Å². The van der Waals surface area contributed by atoms with Gasteiger partial charge < -0.3 is 4.98 Å².